The van der Waals surface area contributed by atoms with Crippen LogP contribution in [0.25, 0.3) is 0 Å². The Bertz CT molecular complexity index is 1190. The van der Waals surface area contributed by atoms with Gasteiger partial charge in [0.25, 0.3) is 0 Å². The minimum atomic E-state index is -0.378. The molecule has 0 unspecified atom stereocenters. The minimum absolute atomic E-state index is 0. The molecule has 0 heterocycles. The van der Waals surface area contributed by atoms with Gasteiger partial charge < -0.3 is 10.2 Å². The molecular weight excluding hydrogens is 515 g/mol. The van der Waals surface area contributed by atoms with Crippen molar-refractivity contribution < 1.29 is 26.7 Å². The van der Waals surface area contributed by atoms with Crippen molar-refractivity contribution in [3.8, 4) is 11.5 Å². The Morgan fingerprint density at radius 3 is 1.82 bits per heavy atom. The molecule has 3 aromatic rings. The van der Waals surface area contributed by atoms with Crippen molar-refractivity contribution in [2.75, 3.05) is 0 Å². The molecular formula is C33H42N2NiO2. The van der Waals surface area contributed by atoms with Crippen LogP contribution in [0.2, 0.25) is 0 Å². The molecule has 0 saturated heterocycles. The van der Waals surface area contributed by atoms with Crippen LogP contribution in [0.15, 0.2) is 58.5 Å². The fourth-order valence-corrected chi connectivity index (χ4v) is 4.40. The van der Waals surface area contributed by atoms with E-state index in [1.165, 1.54) is 28.3 Å². The molecule has 0 aromatic heterocycles. The van der Waals surface area contributed by atoms with Gasteiger partial charge in [0.15, 0.2) is 0 Å². The normalized spacial score (nSPS) is 11.2. The van der Waals surface area contributed by atoms with E-state index in [4.69, 9.17) is 4.99 Å². The summed E-state index contributed by atoms with van der Waals surface area (Å²) < 4.78 is 0. The molecule has 0 spiro atoms. The van der Waals surface area contributed by atoms with Gasteiger partial charge in [0.2, 0.25) is 0 Å². The van der Waals surface area contributed by atoms with Gasteiger partial charge in [-0.3, -0.25) is 9.98 Å². The van der Waals surface area contributed by atoms with Crippen LogP contribution >= 0.6 is 0 Å². The SMILES string of the molecule is CCCCC(C=Nc1cc(C)cc(C)c1)=Nc1cc(C)cc(C)c1.CCCc1ccc([O-])c([O-])c1CC.[Ni+2]. The number of hydrogen-bond acceptors (Lipinski definition) is 4. The van der Waals surface area contributed by atoms with Crippen molar-refractivity contribution in [3.05, 3.63) is 81.9 Å². The first-order valence-electron chi connectivity index (χ1n) is 13.4. The third-order valence-electron chi connectivity index (χ3n) is 6.03. The molecule has 0 saturated carbocycles. The van der Waals surface area contributed by atoms with Gasteiger partial charge in [0, 0.05) is 6.21 Å². The van der Waals surface area contributed by atoms with Gasteiger partial charge in [0.1, 0.15) is 0 Å². The third kappa shape index (κ3) is 10.8. The smallest absolute Gasteiger partial charge is 0.873 e. The number of benzene rings is 3. The van der Waals surface area contributed by atoms with Crippen molar-refractivity contribution in [1.29, 1.82) is 0 Å². The summed E-state index contributed by atoms with van der Waals surface area (Å²) in [6.45, 7) is 14.6. The molecule has 0 aliphatic rings. The number of nitrogens with zero attached hydrogens (tertiary/aromatic N) is 2. The summed E-state index contributed by atoms with van der Waals surface area (Å²) in [4.78, 5) is 9.51. The van der Waals surface area contributed by atoms with Crippen LogP contribution in [0.5, 0.6) is 11.5 Å². The average molecular weight is 557 g/mol. The van der Waals surface area contributed by atoms with E-state index < -0.39 is 0 Å². The van der Waals surface area contributed by atoms with Gasteiger partial charge in [-0.2, -0.15) is 0 Å². The van der Waals surface area contributed by atoms with Gasteiger partial charge in [-0.25, -0.2) is 0 Å². The second-order valence-electron chi connectivity index (χ2n) is 9.79. The van der Waals surface area contributed by atoms with E-state index in [0.29, 0.717) is 12.0 Å². The van der Waals surface area contributed by atoms with Gasteiger partial charge in [0.05, 0.1) is 17.1 Å². The van der Waals surface area contributed by atoms with E-state index in [-0.39, 0.29) is 28.0 Å². The van der Waals surface area contributed by atoms with Crippen LogP contribution < -0.4 is 10.2 Å². The maximum Gasteiger partial charge on any atom is 2.00 e. The predicted octanol–water partition coefficient (Wildman–Crippen LogP) is 7.93. The van der Waals surface area contributed by atoms with Crippen molar-refractivity contribution in [2.45, 2.75) is 87.0 Å². The van der Waals surface area contributed by atoms with Crippen molar-refractivity contribution in [3.63, 3.8) is 0 Å². The minimum Gasteiger partial charge on any atom is -0.873 e. The third-order valence-corrected chi connectivity index (χ3v) is 6.03. The Morgan fingerprint density at radius 2 is 1.32 bits per heavy atom. The summed E-state index contributed by atoms with van der Waals surface area (Å²) >= 11 is 0. The van der Waals surface area contributed by atoms with Crippen LogP contribution in [0, 0.1) is 27.7 Å². The number of aryl methyl sites for hydroxylation is 5. The van der Waals surface area contributed by atoms with Gasteiger partial charge in [-0.1, -0.05) is 63.4 Å². The number of unbranched alkanes of at least 4 members (excludes halogenated alkanes) is 1. The number of hydrogen-bond donors (Lipinski definition) is 0. The molecule has 0 aliphatic heterocycles. The zero-order valence-electron chi connectivity index (χ0n) is 24.0. The monoisotopic (exact) mass is 556 g/mol. The topological polar surface area (TPSA) is 70.8 Å². The fraction of sp³-hybridized carbons (Fsp3) is 0.394. The fourth-order valence-electron chi connectivity index (χ4n) is 4.40. The Hall–Kier alpha value is -2.91. The van der Waals surface area contributed by atoms with Gasteiger partial charge in [-0.15, -0.1) is 11.5 Å². The van der Waals surface area contributed by atoms with Crippen LogP contribution in [0.3, 0.4) is 0 Å². The van der Waals surface area contributed by atoms with Crippen LogP contribution in [-0.2, 0) is 29.3 Å². The van der Waals surface area contributed by atoms with E-state index in [9.17, 15) is 10.2 Å². The van der Waals surface area contributed by atoms with E-state index in [1.807, 2.05) is 13.1 Å². The summed E-state index contributed by atoms with van der Waals surface area (Å²) in [7, 11) is 0. The van der Waals surface area contributed by atoms with Gasteiger partial charge in [-0.05, 0) is 105 Å². The van der Waals surface area contributed by atoms with Crippen LogP contribution in [0.4, 0.5) is 11.4 Å². The summed E-state index contributed by atoms with van der Waals surface area (Å²) in [6.07, 6.45) is 7.72. The first kappa shape index (κ1) is 33.1. The number of aliphatic imine (C=N–C) groups is 2. The summed E-state index contributed by atoms with van der Waals surface area (Å²) in [5, 5.41) is 22.4. The van der Waals surface area contributed by atoms with Gasteiger partial charge >= 0.3 is 16.5 Å². The van der Waals surface area contributed by atoms with E-state index in [1.54, 1.807) is 6.07 Å². The molecule has 0 amide bonds. The second-order valence-corrected chi connectivity index (χ2v) is 9.79. The van der Waals surface area contributed by atoms with E-state index in [0.717, 1.165) is 54.8 Å². The van der Waals surface area contributed by atoms with Crippen molar-refractivity contribution in [2.24, 2.45) is 9.98 Å². The molecule has 4 nitrogen and oxygen atoms in total. The molecule has 38 heavy (non-hydrogen) atoms. The molecule has 0 atom stereocenters. The predicted molar refractivity (Wildman–Crippen MR) is 155 cm³/mol. The Labute approximate surface area is 239 Å². The molecule has 0 bridgehead atoms. The Kier molecular flexibility index (Phi) is 14.7. The Balaban J connectivity index is 0.000000438. The molecule has 0 radical (unpaired) electrons. The molecule has 0 fully saturated rings. The summed E-state index contributed by atoms with van der Waals surface area (Å²) in [5.74, 6) is -0.690. The standard InChI is InChI=1S/C22H28N2.C11H16O2.Ni/c1-6-7-8-20(24-22-13-18(4)10-19(5)14-22)15-23-21-11-16(2)9-17(3)12-21;1-3-5-8-6-7-10(12)11(13)9(8)4-2;/h9-15H,6-8H2,1-5H3;6-7,12-13H,3-5H2,1-2H3;/q;;+2/p-2. The Morgan fingerprint density at radius 1 is 0.763 bits per heavy atom. The van der Waals surface area contributed by atoms with Crippen LogP contribution in [-0.4, -0.2) is 11.9 Å². The average Bonchev–Trinajstić information content (AvgIpc) is 2.83. The molecule has 0 N–H and O–H groups in total. The zero-order valence-corrected chi connectivity index (χ0v) is 25.0. The van der Waals surface area contributed by atoms with E-state index in [2.05, 4.69) is 82.9 Å². The van der Waals surface area contributed by atoms with Crippen molar-refractivity contribution in [1.82, 2.24) is 0 Å². The zero-order chi connectivity index (χ0) is 27.4. The molecule has 3 rings (SSSR count). The largest absolute Gasteiger partial charge is 2.00 e. The molecule has 3 aromatic carbocycles. The molecule has 206 valence electrons. The maximum atomic E-state index is 11.4. The molecule has 5 heteroatoms. The summed E-state index contributed by atoms with van der Waals surface area (Å²) in [6, 6.07) is 16.0. The first-order valence-corrected chi connectivity index (χ1v) is 13.4. The van der Waals surface area contributed by atoms with E-state index >= 15 is 0 Å². The first-order chi connectivity index (χ1) is 17.7. The quantitative estimate of drug-likeness (QED) is 0.198. The summed E-state index contributed by atoms with van der Waals surface area (Å²) in [5.41, 5.74) is 9.77. The maximum absolute atomic E-state index is 11.4. The number of rotatable bonds is 9. The molecule has 0 aliphatic carbocycles. The van der Waals surface area contributed by atoms with Crippen LogP contribution in [0.1, 0.15) is 79.8 Å². The second kappa shape index (κ2) is 16.8. The van der Waals surface area contributed by atoms with Crippen molar-refractivity contribution >= 4 is 23.3 Å².